The van der Waals surface area contributed by atoms with Crippen LogP contribution in [0.1, 0.15) is 24.3 Å². The fourth-order valence-corrected chi connectivity index (χ4v) is 3.78. The average Bonchev–Trinajstić information content (AvgIpc) is 3.18. The third kappa shape index (κ3) is 4.90. The number of carbonyl (C=O) groups excluding carboxylic acids is 1. The van der Waals surface area contributed by atoms with Gasteiger partial charge >= 0.3 is 0 Å². The fourth-order valence-electron chi connectivity index (χ4n) is 3.78. The Kier molecular flexibility index (Phi) is 7.04. The van der Waals surface area contributed by atoms with Crippen LogP contribution >= 0.6 is 12.4 Å². The Bertz CT molecular complexity index is 765. The highest BCUT2D eigenvalue weighted by Gasteiger charge is 2.28. The van der Waals surface area contributed by atoms with Gasteiger partial charge in [-0.05, 0) is 32.9 Å². The van der Waals surface area contributed by atoms with Crippen LogP contribution in [0.2, 0.25) is 0 Å². The second kappa shape index (κ2) is 9.49. The maximum atomic E-state index is 12.6. The Labute approximate surface area is 171 Å². The number of nitrogens with one attached hydrogen (secondary N) is 1. The van der Waals surface area contributed by atoms with Crippen LogP contribution in [0.25, 0.3) is 11.4 Å². The number of halogens is 1. The lowest BCUT2D eigenvalue weighted by Gasteiger charge is -2.36. The molecule has 4 rings (SSSR count). The first-order chi connectivity index (χ1) is 13.2. The molecule has 0 aliphatic carbocycles. The number of nitrogens with zero attached hydrogens (tertiary/aromatic N) is 4. The second-order valence-electron chi connectivity index (χ2n) is 7.50. The monoisotopic (exact) mass is 405 g/mol. The molecule has 0 radical (unpaired) electrons. The minimum atomic E-state index is 0. The molecule has 28 heavy (non-hydrogen) atoms. The molecule has 3 heterocycles. The number of piperazine rings is 1. The lowest BCUT2D eigenvalue weighted by molar-refractivity contribution is -0.138. The maximum absolute atomic E-state index is 12.6. The molecule has 0 saturated carbocycles. The molecule has 7 nitrogen and oxygen atoms in total. The molecule has 1 N–H and O–H groups in total. The predicted molar refractivity (Wildman–Crippen MR) is 109 cm³/mol. The van der Waals surface area contributed by atoms with E-state index >= 15 is 0 Å². The van der Waals surface area contributed by atoms with E-state index < -0.39 is 0 Å². The standard InChI is InChI=1S/C20H27N5O2.ClH/c1-15-2-4-16(5-3-15)19-22-18(27-23-19)14-24-10-12-25(13-11-24)20(26)17-6-8-21-9-7-17;/h2-5,17,21H,6-14H2,1H3;1H. The third-order valence-electron chi connectivity index (χ3n) is 5.51. The second-order valence-corrected chi connectivity index (χ2v) is 7.50. The fraction of sp³-hybridized carbons (Fsp3) is 0.550. The van der Waals surface area contributed by atoms with Gasteiger partial charge in [-0.25, -0.2) is 0 Å². The van der Waals surface area contributed by atoms with Crippen molar-refractivity contribution in [2.45, 2.75) is 26.3 Å². The number of amides is 1. The first-order valence-corrected chi connectivity index (χ1v) is 9.80. The van der Waals surface area contributed by atoms with Gasteiger partial charge in [-0.2, -0.15) is 4.98 Å². The van der Waals surface area contributed by atoms with Crippen molar-refractivity contribution in [1.82, 2.24) is 25.3 Å². The molecule has 2 fully saturated rings. The summed E-state index contributed by atoms with van der Waals surface area (Å²) in [4.78, 5) is 21.5. The Morgan fingerprint density at radius 2 is 1.82 bits per heavy atom. The molecule has 152 valence electrons. The number of aromatic nitrogens is 2. The molecule has 1 aromatic heterocycles. The summed E-state index contributed by atoms with van der Waals surface area (Å²) in [5, 5.41) is 7.42. The van der Waals surface area contributed by atoms with Gasteiger partial charge in [0.2, 0.25) is 17.6 Å². The van der Waals surface area contributed by atoms with Gasteiger partial charge in [-0.1, -0.05) is 35.0 Å². The van der Waals surface area contributed by atoms with Crippen LogP contribution in [0.15, 0.2) is 28.8 Å². The first-order valence-electron chi connectivity index (χ1n) is 9.80. The molecule has 0 unspecified atom stereocenters. The van der Waals surface area contributed by atoms with Gasteiger partial charge in [-0.15, -0.1) is 12.4 Å². The summed E-state index contributed by atoms with van der Waals surface area (Å²) in [5.74, 6) is 1.79. The number of hydrogen-bond donors (Lipinski definition) is 1. The highest BCUT2D eigenvalue weighted by molar-refractivity contribution is 5.85. The zero-order valence-corrected chi connectivity index (χ0v) is 17.1. The molecule has 1 aromatic carbocycles. The number of carbonyl (C=O) groups is 1. The number of piperidine rings is 1. The van der Waals surface area contributed by atoms with Crippen molar-refractivity contribution >= 4 is 18.3 Å². The van der Waals surface area contributed by atoms with Crippen molar-refractivity contribution in [3.05, 3.63) is 35.7 Å². The summed E-state index contributed by atoms with van der Waals surface area (Å²) in [6.07, 6.45) is 1.92. The van der Waals surface area contributed by atoms with Crippen LogP contribution in [-0.2, 0) is 11.3 Å². The van der Waals surface area contributed by atoms with E-state index in [1.54, 1.807) is 0 Å². The number of hydrogen-bond acceptors (Lipinski definition) is 6. The normalized spacial score (nSPS) is 18.7. The molecular formula is C20H28ClN5O2. The summed E-state index contributed by atoms with van der Waals surface area (Å²) in [5.41, 5.74) is 2.17. The molecule has 2 aliphatic heterocycles. The van der Waals surface area contributed by atoms with Crippen molar-refractivity contribution in [3.8, 4) is 11.4 Å². The van der Waals surface area contributed by atoms with Crippen LogP contribution in [-0.4, -0.2) is 65.1 Å². The molecule has 2 saturated heterocycles. The van der Waals surface area contributed by atoms with E-state index in [2.05, 4.69) is 27.3 Å². The van der Waals surface area contributed by atoms with Crippen LogP contribution in [0.5, 0.6) is 0 Å². The first kappa shape index (κ1) is 20.8. The maximum Gasteiger partial charge on any atom is 0.241 e. The third-order valence-corrected chi connectivity index (χ3v) is 5.51. The van der Waals surface area contributed by atoms with Gasteiger partial charge in [0.15, 0.2) is 0 Å². The Morgan fingerprint density at radius 1 is 1.14 bits per heavy atom. The lowest BCUT2D eigenvalue weighted by Crippen LogP contribution is -2.51. The zero-order chi connectivity index (χ0) is 18.6. The minimum absolute atomic E-state index is 0. The molecule has 2 aromatic rings. The van der Waals surface area contributed by atoms with Crippen molar-refractivity contribution in [1.29, 1.82) is 0 Å². The topological polar surface area (TPSA) is 74.5 Å². The van der Waals surface area contributed by atoms with Crippen LogP contribution in [0.3, 0.4) is 0 Å². The SMILES string of the molecule is Cc1ccc(-c2noc(CN3CCN(C(=O)C4CCNCC4)CC3)n2)cc1.Cl. The van der Waals surface area contributed by atoms with Gasteiger partial charge in [0.25, 0.3) is 0 Å². The van der Waals surface area contributed by atoms with Gasteiger partial charge in [-0.3, -0.25) is 9.69 Å². The average molecular weight is 406 g/mol. The summed E-state index contributed by atoms with van der Waals surface area (Å²) >= 11 is 0. The summed E-state index contributed by atoms with van der Waals surface area (Å²) in [6, 6.07) is 8.11. The molecule has 0 spiro atoms. The van der Waals surface area contributed by atoms with E-state index in [0.717, 1.165) is 57.7 Å². The van der Waals surface area contributed by atoms with E-state index in [-0.39, 0.29) is 18.3 Å². The van der Waals surface area contributed by atoms with E-state index in [1.165, 1.54) is 5.56 Å². The summed E-state index contributed by atoms with van der Waals surface area (Å²) in [7, 11) is 0. The highest BCUT2D eigenvalue weighted by Crippen LogP contribution is 2.19. The number of rotatable bonds is 4. The lowest BCUT2D eigenvalue weighted by atomic mass is 9.96. The minimum Gasteiger partial charge on any atom is -0.340 e. The van der Waals surface area contributed by atoms with Gasteiger partial charge in [0, 0.05) is 37.7 Å². The van der Waals surface area contributed by atoms with Gasteiger partial charge in [0.05, 0.1) is 6.54 Å². The molecule has 2 aliphatic rings. The molecule has 0 bridgehead atoms. The quantitative estimate of drug-likeness (QED) is 0.839. The predicted octanol–water partition coefficient (Wildman–Crippen LogP) is 2.11. The molecular weight excluding hydrogens is 378 g/mol. The Hall–Kier alpha value is -1.96. The highest BCUT2D eigenvalue weighted by atomic mass is 35.5. The van der Waals surface area contributed by atoms with E-state index in [4.69, 9.17) is 4.52 Å². The van der Waals surface area contributed by atoms with E-state index in [1.807, 2.05) is 29.2 Å². The molecule has 8 heteroatoms. The Morgan fingerprint density at radius 3 is 2.50 bits per heavy atom. The number of aryl methyl sites for hydroxylation is 1. The van der Waals surface area contributed by atoms with Gasteiger partial charge in [0.1, 0.15) is 0 Å². The van der Waals surface area contributed by atoms with Gasteiger partial charge < -0.3 is 14.7 Å². The molecule has 0 atom stereocenters. The zero-order valence-electron chi connectivity index (χ0n) is 16.3. The van der Waals surface area contributed by atoms with Crippen molar-refractivity contribution in [3.63, 3.8) is 0 Å². The van der Waals surface area contributed by atoms with Crippen LogP contribution in [0, 0.1) is 12.8 Å². The molecule has 1 amide bonds. The Balaban J connectivity index is 0.00000225. The smallest absolute Gasteiger partial charge is 0.241 e. The van der Waals surface area contributed by atoms with E-state index in [9.17, 15) is 4.79 Å². The largest absolute Gasteiger partial charge is 0.340 e. The summed E-state index contributed by atoms with van der Waals surface area (Å²) in [6.45, 7) is 7.85. The van der Waals surface area contributed by atoms with E-state index in [0.29, 0.717) is 24.2 Å². The number of benzene rings is 1. The van der Waals surface area contributed by atoms with Crippen molar-refractivity contribution in [2.24, 2.45) is 5.92 Å². The summed E-state index contributed by atoms with van der Waals surface area (Å²) < 4.78 is 5.43. The van der Waals surface area contributed by atoms with Crippen molar-refractivity contribution in [2.75, 3.05) is 39.3 Å². The van der Waals surface area contributed by atoms with Crippen molar-refractivity contribution < 1.29 is 9.32 Å². The van der Waals surface area contributed by atoms with Crippen LogP contribution in [0.4, 0.5) is 0 Å². The van der Waals surface area contributed by atoms with Crippen LogP contribution < -0.4 is 5.32 Å².